The van der Waals surface area contributed by atoms with Gasteiger partial charge < -0.3 is 5.32 Å². The van der Waals surface area contributed by atoms with Crippen LogP contribution in [0.15, 0.2) is 18.3 Å². The van der Waals surface area contributed by atoms with Crippen LogP contribution in [0.1, 0.15) is 39.0 Å². The topological polar surface area (TPSA) is 28.2 Å². The van der Waals surface area contributed by atoms with Gasteiger partial charge in [-0.05, 0) is 46.2 Å². The Bertz CT molecular complexity index is 424. The smallest absolute Gasteiger partial charge is 0.0573 e. The molecule has 1 saturated heterocycles. The molecule has 0 unspecified atom stereocenters. The lowest BCUT2D eigenvalue weighted by atomic mass is 9.91. The van der Waals surface area contributed by atoms with Crippen molar-refractivity contribution in [1.29, 1.82) is 0 Å². The van der Waals surface area contributed by atoms with Crippen LogP contribution in [0, 0.1) is 6.92 Å². The van der Waals surface area contributed by atoms with E-state index in [1.165, 1.54) is 11.3 Å². The predicted molar refractivity (Wildman–Crippen MR) is 75.5 cm³/mol. The summed E-state index contributed by atoms with van der Waals surface area (Å²) >= 11 is 0. The molecule has 100 valence electrons. The molecule has 0 bridgehead atoms. The second-order valence-electron chi connectivity index (χ2n) is 6.67. The van der Waals surface area contributed by atoms with Crippen molar-refractivity contribution in [3.63, 3.8) is 0 Å². The minimum absolute atomic E-state index is 0.179. The second-order valence-corrected chi connectivity index (χ2v) is 6.67. The van der Waals surface area contributed by atoms with Gasteiger partial charge in [-0.2, -0.15) is 0 Å². The predicted octanol–water partition coefficient (Wildman–Crippen LogP) is 2.35. The van der Waals surface area contributed by atoms with E-state index < -0.39 is 0 Å². The highest BCUT2D eigenvalue weighted by Gasteiger charge is 2.37. The Balaban J connectivity index is 2.18. The minimum atomic E-state index is 0.179. The molecule has 0 aliphatic carbocycles. The third-order valence-electron chi connectivity index (χ3n) is 3.90. The molecule has 1 aromatic heterocycles. The van der Waals surface area contributed by atoms with Crippen molar-refractivity contribution < 1.29 is 0 Å². The molecule has 0 spiro atoms. The number of piperazine rings is 1. The third-order valence-corrected chi connectivity index (χ3v) is 3.90. The first-order valence-corrected chi connectivity index (χ1v) is 6.71. The van der Waals surface area contributed by atoms with Gasteiger partial charge in [0.2, 0.25) is 0 Å². The molecule has 2 rings (SSSR count). The monoisotopic (exact) mass is 247 g/mol. The number of rotatable bonds is 2. The molecule has 0 amide bonds. The van der Waals surface area contributed by atoms with Crippen molar-refractivity contribution in [2.45, 2.75) is 52.2 Å². The van der Waals surface area contributed by atoms with Gasteiger partial charge in [0.15, 0.2) is 0 Å². The summed E-state index contributed by atoms with van der Waals surface area (Å²) in [6.07, 6.45) is 1.89. The Hall–Kier alpha value is -0.930. The Morgan fingerprint density at radius 1 is 1.33 bits per heavy atom. The van der Waals surface area contributed by atoms with E-state index in [0.29, 0.717) is 0 Å². The zero-order valence-corrected chi connectivity index (χ0v) is 12.2. The van der Waals surface area contributed by atoms with Crippen LogP contribution in [0.5, 0.6) is 0 Å². The molecule has 1 aliphatic rings. The van der Waals surface area contributed by atoms with Gasteiger partial charge in [-0.1, -0.05) is 6.07 Å². The first-order valence-electron chi connectivity index (χ1n) is 6.71. The lowest BCUT2D eigenvalue weighted by Gasteiger charge is -2.49. The summed E-state index contributed by atoms with van der Waals surface area (Å²) in [5.74, 6) is 0. The van der Waals surface area contributed by atoms with Crippen molar-refractivity contribution in [2.24, 2.45) is 0 Å². The third kappa shape index (κ3) is 2.90. The van der Waals surface area contributed by atoms with Crippen molar-refractivity contribution >= 4 is 0 Å². The van der Waals surface area contributed by atoms with E-state index in [-0.39, 0.29) is 11.1 Å². The number of pyridine rings is 1. The van der Waals surface area contributed by atoms with Gasteiger partial charge in [0.05, 0.1) is 5.69 Å². The molecule has 0 radical (unpaired) electrons. The minimum Gasteiger partial charge on any atom is -0.309 e. The van der Waals surface area contributed by atoms with Crippen LogP contribution in [-0.2, 0) is 6.54 Å². The average molecular weight is 247 g/mol. The van der Waals surface area contributed by atoms with Crippen molar-refractivity contribution in [2.75, 3.05) is 13.1 Å². The normalized spacial score (nSPS) is 22.9. The number of aryl methyl sites for hydroxylation is 1. The van der Waals surface area contributed by atoms with Crippen LogP contribution in [0.25, 0.3) is 0 Å². The van der Waals surface area contributed by atoms with Crippen LogP contribution >= 0.6 is 0 Å². The van der Waals surface area contributed by atoms with Crippen LogP contribution in [0.4, 0.5) is 0 Å². The van der Waals surface area contributed by atoms with Crippen LogP contribution in [0.2, 0.25) is 0 Å². The molecule has 0 saturated carbocycles. The molecule has 1 aromatic rings. The van der Waals surface area contributed by atoms with Gasteiger partial charge in [-0.25, -0.2) is 0 Å². The summed E-state index contributed by atoms with van der Waals surface area (Å²) in [4.78, 5) is 7.06. The molecule has 0 aromatic carbocycles. The fourth-order valence-electron chi connectivity index (χ4n) is 2.45. The standard InChI is InChI=1S/C15H25N3/c1-12-7-6-8-16-13(12)9-18-11-14(2,3)17-10-15(18,4)5/h6-8,17H,9-11H2,1-5H3. The van der Waals surface area contributed by atoms with Crippen LogP contribution < -0.4 is 5.32 Å². The average Bonchev–Trinajstić information content (AvgIpc) is 2.27. The highest BCUT2D eigenvalue weighted by atomic mass is 15.3. The van der Waals surface area contributed by atoms with E-state index in [1.54, 1.807) is 0 Å². The van der Waals surface area contributed by atoms with Gasteiger partial charge in [-0.3, -0.25) is 9.88 Å². The quantitative estimate of drug-likeness (QED) is 0.869. The lowest BCUT2D eigenvalue weighted by Crippen LogP contribution is -2.65. The molecule has 18 heavy (non-hydrogen) atoms. The van der Waals surface area contributed by atoms with Gasteiger partial charge in [0.25, 0.3) is 0 Å². The number of nitrogens with one attached hydrogen (secondary N) is 1. The summed E-state index contributed by atoms with van der Waals surface area (Å²) < 4.78 is 0. The van der Waals surface area contributed by atoms with Crippen molar-refractivity contribution in [3.8, 4) is 0 Å². The molecule has 1 N–H and O–H groups in total. The van der Waals surface area contributed by atoms with E-state index >= 15 is 0 Å². The molecular weight excluding hydrogens is 222 g/mol. The van der Waals surface area contributed by atoms with Crippen molar-refractivity contribution in [1.82, 2.24) is 15.2 Å². The maximum Gasteiger partial charge on any atom is 0.0573 e. The zero-order chi connectivity index (χ0) is 13.4. The first kappa shape index (κ1) is 13.5. The fraction of sp³-hybridized carbons (Fsp3) is 0.667. The summed E-state index contributed by atoms with van der Waals surface area (Å²) in [6, 6.07) is 4.15. The highest BCUT2D eigenvalue weighted by Crippen LogP contribution is 2.25. The first-order chi connectivity index (χ1) is 8.30. The fourth-order valence-corrected chi connectivity index (χ4v) is 2.45. The van der Waals surface area contributed by atoms with E-state index in [2.05, 4.69) is 55.9 Å². The zero-order valence-electron chi connectivity index (χ0n) is 12.2. The summed E-state index contributed by atoms with van der Waals surface area (Å²) in [5, 5.41) is 3.62. The summed E-state index contributed by atoms with van der Waals surface area (Å²) in [6.45, 7) is 14.3. The lowest BCUT2D eigenvalue weighted by molar-refractivity contribution is 0.0312. The maximum atomic E-state index is 4.52. The van der Waals surface area contributed by atoms with Gasteiger partial charge in [-0.15, -0.1) is 0 Å². The van der Waals surface area contributed by atoms with E-state index in [1.807, 2.05) is 12.3 Å². The van der Waals surface area contributed by atoms with E-state index in [4.69, 9.17) is 0 Å². The Labute approximate surface area is 111 Å². The second kappa shape index (κ2) is 4.63. The van der Waals surface area contributed by atoms with Gasteiger partial charge in [0, 0.05) is 36.9 Å². The molecule has 3 heteroatoms. The molecule has 2 heterocycles. The van der Waals surface area contributed by atoms with Gasteiger partial charge in [0.1, 0.15) is 0 Å². The van der Waals surface area contributed by atoms with Crippen LogP contribution in [-0.4, -0.2) is 34.1 Å². The number of hydrogen-bond donors (Lipinski definition) is 1. The molecular formula is C15H25N3. The van der Waals surface area contributed by atoms with Crippen molar-refractivity contribution in [3.05, 3.63) is 29.6 Å². The molecule has 0 atom stereocenters. The number of nitrogens with zero attached hydrogens (tertiary/aromatic N) is 2. The number of hydrogen-bond acceptors (Lipinski definition) is 3. The van der Waals surface area contributed by atoms with Crippen LogP contribution in [0.3, 0.4) is 0 Å². The summed E-state index contributed by atoms with van der Waals surface area (Å²) in [7, 11) is 0. The molecule has 1 aliphatic heterocycles. The molecule has 1 fully saturated rings. The largest absolute Gasteiger partial charge is 0.309 e. The summed E-state index contributed by atoms with van der Waals surface area (Å²) in [5.41, 5.74) is 2.84. The highest BCUT2D eigenvalue weighted by molar-refractivity contribution is 5.18. The van der Waals surface area contributed by atoms with Gasteiger partial charge >= 0.3 is 0 Å². The Morgan fingerprint density at radius 2 is 2.06 bits per heavy atom. The van der Waals surface area contributed by atoms with E-state index in [0.717, 1.165) is 19.6 Å². The number of aromatic nitrogens is 1. The molecule has 3 nitrogen and oxygen atoms in total. The maximum absolute atomic E-state index is 4.52. The SMILES string of the molecule is Cc1cccnc1CN1CC(C)(C)NCC1(C)C. The van der Waals surface area contributed by atoms with E-state index in [9.17, 15) is 0 Å². The Kier molecular flexibility index (Phi) is 3.47. The Morgan fingerprint density at radius 3 is 2.72 bits per heavy atom.